The number of carbonyl (C=O) groups is 1. The molecule has 2 aromatic rings. The number of likely N-dealkylation sites (N-methyl/N-ethyl adjacent to an activating group) is 1. The first kappa shape index (κ1) is 16.9. The van der Waals surface area contributed by atoms with Crippen molar-refractivity contribution in [2.45, 2.75) is 6.04 Å². The number of carbonyl (C=O) groups excluding carboxylic acids is 1. The van der Waals surface area contributed by atoms with Crippen LogP contribution in [0.15, 0.2) is 41.0 Å². The molecule has 0 aliphatic carbocycles. The number of ether oxygens (including phenoxy) is 2. The van der Waals surface area contributed by atoms with E-state index in [1.807, 2.05) is 31.1 Å². The molecular formula is C17H22N2O4. The maximum absolute atomic E-state index is 12.5. The van der Waals surface area contributed by atoms with Crippen LogP contribution in [0.4, 0.5) is 0 Å². The van der Waals surface area contributed by atoms with Crippen LogP contribution in [0.3, 0.4) is 0 Å². The molecule has 0 bridgehead atoms. The Morgan fingerprint density at radius 3 is 2.57 bits per heavy atom. The van der Waals surface area contributed by atoms with E-state index in [0.717, 1.165) is 5.76 Å². The lowest BCUT2D eigenvalue weighted by Gasteiger charge is -2.23. The van der Waals surface area contributed by atoms with Crippen LogP contribution in [0.1, 0.15) is 22.2 Å². The summed E-state index contributed by atoms with van der Waals surface area (Å²) < 4.78 is 16.0. The van der Waals surface area contributed by atoms with Gasteiger partial charge in [0.25, 0.3) is 5.91 Å². The van der Waals surface area contributed by atoms with Crippen LogP contribution in [0, 0.1) is 0 Å². The highest BCUT2D eigenvalue weighted by atomic mass is 16.5. The number of amides is 1. The molecule has 1 heterocycles. The quantitative estimate of drug-likeness (QED) is 0.849. The van der Waals surface area contributed by atoms with E-state index in [0.29, 0.717) is 23.6 Å². The lowest BCUT2D eigenvalue weighted by Crippen LogP contribution is -2.34. The van der Waals surface area contributed by atoms with Gasteiger partial charge < -0.3 is 19.2 Å². The fourth-order valence-corrected chi connectivity index (χ4v) is 2.37. The number of nitrogens with zero attached hydrogens (tertiary/aromatic N) is 1. The van der Waals surface area contributed by atoms with Crippen LogP contribution in [-0.4, -0.2) is 45.7 Å². The molecule has 0 aliphatic heterocycles. The minimum absolute atomic E-state index is 0.0504. The Balaban J connectivity index is 2.13. The predicted octanol–water partition coefficient (Wildman–Crippen LogP) is 2.33. The third kappa shape index (κ3) is 3.84. The summed E-state index contributed by atoms with van der Waals surface area (Å²) in [7, 11) is 6.93. The monoisotopic (exact) mass is 318 g/mol. The SMILES string of the molecule is COc1cccc(C(=O)NCC(c2ccco2)N(C)C)c1OC. The summed E-state index contributed by atoms with van der Waals surface area (Å²) in [6, 6.07) is 8.88. The molecule has 124 valence electrons. The van der Waals surface area contributed by atoms with Gasteiger partial charge >= 0.3 is 0 Å². The van der Waals surface area contributed by atoms with Gasteiger partial charge in [-0.15, -0.1) is 0 Å². The van der Waals surface area contributed by atoms with E-state index in [9.17, 15) is 4.79 Å². The van der Waals surface area contributed by atoms with Crippen LogP contribution in [0.2, 0.25) is 0 Å². The molecule has 0 spiro atoms. The van der Waals surface area contributed by atoms with E-state index in [1.165, 1.54) is 7.11 Å². The van der Waals surface area contributed by atoms with E-state index in [2.05, 4.69) is 5.32 Å². The average molecular weight is 318 g/mol. The van der Waals surface area contributed by atoms with Crippen molar-refractivity contribution >= 4 is 5.91 Å². The molecule has 6 heteroatoms. The zero-order valence-electron chi connectivity index (χ0n) is 13.8. The maximum Gasteiger partial charge on any atom is 0.255 e. The first-order chi connectivity index (χ1) is 11.1. The Morgan fingerprint density at radius 2 is 2.00 bits per heavy atom. The smallest absolute Gasteiger partial charge is 0.255 e. The minimum Gasteiger partial charge on any atom is -0.493 e. The van der Waals surface area contributed by atoms with E-state index >= 15 is 0 Å². The number of hydrogen-bond acceptors (Lipinski definition) is 5. The van der Waals surface area contributed by atoms with Crippen molar-refractivity contribution in [2.75, 3.05) is 34.9 Å². The number of nitrogens with one attached hydrogen (secondary N) is 1. The summed E-state index contributed by atoms with van der Waals surface area (Å²) in [4.78, 5) is 14.5. The van der Waals surface area contributed by atoms with Gasteiger partial charge in [0.1, 0.15) is 5.76 Å². The second-order valence-electron chi connectivity index (χ2n) is 5.25. The van der Waals surface area contributed by atoms with E-state index in [1.54, 1.807) is 31.6 Å². The molecule has 2 rings (SSSR count). The lowest BCUT2D eigenvalue weighted by molar-refractivity contribution is 0.0935. The number of furan rings is 1. The van der Waals surface area contributed by atoms with Crippen LogP contribution < -0.4 is 14.8 Å². The van der Waals surface area contributed by atoms with Gasteiger partial charge in [0.2, 0.25) is 0 Å². The van der Waals surface area contributed by atoms with Crippen LogP contribution in [0.5, 0.6) is 11.5 Å². The average Bonchev–Trinajstić information content (AvgIpc) is 3.07. The van der Waals surface area contributed by atoms with Crippen molar-refractivity contribution in [1.82, 2.24) is 10.2 Å². The van der Waals surface area contributed by atoms with Crippen molar-refractivity contribution in [3.05, 3.63) is 47.9 Å². The highest BCUT2D eigenvalue weighted by molar-refractivity contribution is 5.97. The third-order valence-corrected chi connectivity index (χ3v) is 3.60. The number of para-hydroxylation sites is 1. The Morgan fingerprint density at radius 1 is 1.22 bits per heavy atom. The zero-order chi connectivity index (χ0) is 16.8. The highest BCUT2D eigenvalue weighted by Gasteiger charge is 2.20. The molecule has 0 saturated carbocycles. The van der Waals surface area contributed by atoms with Gasteiger partial charge in [0, 0.05) is 6.54 Å². The largest absolute Gasteiger partial charge is 0.493 e. The third-order valence-electron chi connectivity index (χ3n) is 3.60. The van der Waals surface area contributed by atoms with Gasteiger partial charge in [-0.25, -0.2) is 0 Å². The normalized spacial score (nSPS) is 12.0. The summed E-state index contributed by atoms with van der Waals surface area (Å²) in [5.41, 5.74) is 0.434. The van der Waals surface area contributed by atoms with Gasteiger partial charge in [-0.2, -0.15) is 0 Å². The Bertz CT molecular complexity index is 638. The zero-order valence-corrected chi connectivity index (χ0v) is 13.8. The first-order valence-electron chi connectivity index (χ1n) is 7.27. The predicted molar refractivity (Wildman–Crippen MR) is 87.0 cm³/mol. The Kier molecular flexibility index (Phi) is 5.65. The summed E-state index contributed by atoms with van der Waals surface area (Å²) >= 11 is 0. The Hall–Kier alpha value is -2.47. The van der Waals surface area contributed by atoms with Crippen LogP contribution in [0.25, 0.3) is 0 Å². The second kappa shape index (κ2) is 7.69. The summed E-state index contributed by atoms with van der Waals surface area (Å²) in [6.07, 6.45) is 1.62. The minimum atomic E-state index is -0.223. The number of rotatable bonds is 7. The van der Waals surface area contributed by atoms with E-state index in [4.69, 9.17) is 13.9 Å². The molecule has 1 atom stereocenters. The molecule has 1 N–H and O–H groups in total. The lowest BCUT2D eigenvalue weighted by atomic mass is 10.1. The molecule has 1 aromatic carbocycles. The van der Waals surface area contributed by atoms with E-state index < -0.39 is 0 Å². The molecular weight excluding hydrogens is 296 g/mol. The highest BCUT2D eigenvalue weighted by Crippen LogP contribution is 2.30. The summed E-state index contributed by atoms with van der Waals surface area (Å²) in [5, 5.41) is 2.92. The molecule has 6 nitrogen and oxygen atoms in total. The topological polar surface area (TPSA) is 63.9 Å². The van der Waals surface area contributed by atoms with Crippen molar-refractivity contribution in [2.24, 2.45) is 0 Å². The first-order valence-corrected chi connectivity index (χ1v) is 7.27. The second-order valence-corrected chi connectivity index (χ2v) is 5.25. The van der Waals surface area contributed by atoms with Crippen molar-refractivity contribution in [3.63, 3.8) is 0 Å². The van der Waals surface area contributed by atoms with Gasteiger partial charge in [0.05, 0.1) is 32.1 Å². The van der Waals surface area contributed by atoms with Gasteiger partial charge in [-0.3, -0.25) is 9.69 Å². The number of methoxy groups -OCH3 is 2. The number of benzene rings is 1. The standard InChI is InChI=1S/C17H22N2O4/c1-19(2)13(14-9-6-10-23-14)11-18-17(20)12-7-5-8-15(21-3)16(12)22-4/h5-10,13H,11H2,1-4H3,(H,18,20). The fourth-order valence-electron chi connectivity index (χ4n) is 2.37. The summed E-state index contributed by atoms with van der Waals surface area (Å²) in [6.45, 7) is 0.416. The molecule has 23 heavy (non-hydrogen) atoms. The Labute approximate surface area is 136 Å². The molecule has 0 saturated heterocycles. The van der Waals surface area contributed by atoms with Crippen molar-refractivity contribution in [3.8, 4) is 11.5 Å². The molecule has 1 aromatic heterocycles. The van der Waals surface area contributed by atoms with Crippen molar-refractivity contribution < 1.29 is 18.7 Å². The molecule has 0 fully saturated rings. The van der Waals surface area contributed by atoms with Crippen molar-refractivity contribution in [1.29, 1.82) is 0 Å². The van der Waals surface area contributed by atoms with Gasteiger partial charge in [-0.1, -0.05) is 6.07 Å². The maximum atomic E-state index is 12.5. The molecule has 0 radical (unpaired) electrons. The van der Waals surface area contributed by atoms with Gasteiger partial charge in [-0.05, 0) is 38.4 Å². The van der Waals surface area contributed by atoms with E-state index in [-0.39, 0.29) is 11.9 Å². The number of hydrogen-bond donors (Lipinski definition) is 1. The fraction of sp³-hybridized carbons (Fsp3) is 0.353. The molecule has 0 aliphatic rings. The summed E-state index contributed by atoms with van der Waals surface area (Å²) in [5.74, 6) is 1.52. The van der Waals surface area contributed by atoms with Crippen LogP contribution in [-0.2, 0) is 0 Å². The molecule has 1 unspecified atom stereocenters. The molecule has 1 amide bonds. The van der Waals surface area contributed by atoms with Gasteiger partial charge in [0.15, 0.2) is 11.5 Å². The van der Waals surface area contributed by atoms with Crippen LogP contribution >= 0.6 is 0 Å².